The second kappa shape index (κ2) is 10.5. The lowest BCUT2D eigenvalue weighted by Crippen LogP contribution is -2.26. The smallest absolute Gasteiger partial charge is 0.436 e. The molecule has 2 heterocycles. The maximum absolute atomic E-state index is 12.7. The number of hydrogen-bond donors (Lipinski definition) is 0. The Kier molecular flexibility index (Phi) is 6.99. The molecule has 38 heavy (non-hydrogen) atoms. The topological polar surface area (TPSA) is 85.2 Å². The number of aromatic nitrogens is 3. The number of ether oxygens (including phenoxy) is 1. The van der Waals surface area contributed by atoms with Gasteiger partial charge in [-0.25, -0.2) is 4.79 Å². The number of nitrogens with zero attached hydrogens (tertiary/aromatic N) is 5. The maximum Gasteiger partial charge on any atom is 0.436 e. The van der Waals surface area contributed by atoms with Crippen LogP contribution in [-0.4, -0.2) is 26.8 Å². The number of pyridine rings is 1. The Morgan fingerprint density at radius 3 is 2.61 bits per heavy atom. The van der Waals surface area contributed by atoms with Crippen LogP contribution in [0.4, 0.5) is 4.79 Å². The fraction of sp³-hybridized carbons (Fsp3) is 0.200. The monoisotopic (exact) mass is 523 g/mol. The SMILES string of the molecule is CCCCOC(=O)N=c1n(C)c2cnc3ccc(-c4ccc(Cl)cc4)cc3c2n1-c1cc(C#N)ccc1C. The minimum atomic E-state index is -0.661. The van der Waals surface area contributed by atoms with Gasteiger partial charge in [0.1, 0.15) is 0 Å². The van der Waals surface area contributed by atoms with E-state index < -0.39 is 6.09 Å². The van der Waals surface area contributed by atoms with E-state index in [1.165, 1.54) is 0 Å². The van der Waals surface area contributed by atoms with Crippen molar-refractivity contribution in [2.75, 3.05) is 6.61 Å². The number of benzene rings is 3. The Balaban J connectivity index is 1.86. The van der Waals surface area contributed by atoms with Crippen LogP contribution in [0.1, 0.15) is 30.9 Å². The van der Waals surface area contributed by atoms with Gasteiger partial charge < -0.3 is 9.30 Å². The van der Waals surface area contributed by atoms with Gasteiger partial charge in [0.05, 0.1) is 46.7 Å². The van der Waals surface area contributed by atoms with Gasteiger partial charge in [-0.3, -0.25) is 9.55 Å². The number of hydrogen-bond acceptors (Lipinski definition) is 4. The summed E-state index contributed by atoms with van der Waals surface area (Å²) in [5.74, 6) is 0. The summed E-state index contributed by atoms with van der Waals surface area (Å²) in [6, 6.07) is 21.5. The molecule has 0 aliphatic heterocycles. The highest BCUT2D eigenvalue weighted by Crippen LogP contribution is 2.31. The van der Waals surface area contributed by atoms with Crippen LogP contribution in [0.5, 0.6) is 0 Å². The van der Waals surface area contributed by atoms with E-state index in [0.717, 1.165) is 57.2 Å². The van der Waals surface area contributed by atoms with Crippen molar-refractivity contribution in [3.8, 4) is 22.9 Å². The first-order valence-corrected chi connectivity index (χ1v) is 12.8. The standard InChI is InChI=1S/C30H26ClN5O2/c1-4-5-14-38-30(37)34-29-35(3)27-18-33-25-13-10-22(21-8-11-23(31)12-9-21)16-24(25)28(27)36(29)26-15-20(17-32)7-6-19(26)2/h6-13,15-16,18H,4-5,14H2,1-3H3. The van der Waals surface area contributed by atoms with Crippen molar-refractivity contribution < 1.29 is 9.53 Å². The van der Waals surface area contributed by atoms with E-state index >= 15 is 0 Å². The number of carbonyl (C=O) groups is 1. The molecule has 0 fully saturated rings. The minimum absolute atomic E-state index is 0.306. The summed E-state index contributed by atoms with van der Waals surface area (Å²) in [5.41, 5.74) is 6.98. The average molecular weight is 524 g/mol. The molecule has 0 radical (unpaired) electrons. The van der Waals surface area contributed by atoms with Gasteiger partial charge in [0.25, 0.3) is 0 Å². The van der Waals surface area contributed by atoms with Gasteiger partial charge in [-0.15, -0.1) is 4.99 Å². The zero-order valence-corrected chi connectivity index (χ0v) is 22.2. The van der Waals surface area contributed by atoms with Crippen LogP contribution >= 0.6 is 11.6 Å². The number of amides is 1. The molecule has 190 valence electrons. The molecule has 7 nitrogen and oxygen atoms in total. The summed E-state index contributed by atoms with van der Waals surface area (Å²) in [7, 11) is 1.84. The number of fused-ring (bicyclic) bond motifs is 3. The molecule has 0 saturated heterocycles. The van der Waals surface area contributed by atoms with E-state index in [4.69, 9.17) is 21.3 Å². The lowest BCUT2D eigenvalue weighted by molar-refractivity contribution is 0.154. The van der Waals surface area contributed by atoms with Crippen molar-refractivity contribution in [3.05, 3.63) is 88.6 Å². The molecule has 0 bridgehead atoms. The highest BCUT2D eigenvalue weighted by molar-refractivity contribution is 6.30. The Morgan fingerprint density at radius 2 is 1.87 bits per heavy atom. The molecule has 2 aromatic heterocycles. The fourth-order valence-corrected chi connectivity index (χ4v) is 4.64. The van der Waals surface area contributed by atoms with E-state index in [9.17, 15) is 10.1 Å². The Morgan fingerprint density at radius 1 is 1.11 bits per heavy atom. The van der Waals surface area contributed by atoms with E-state index in [-0.39, 0.29) is 0 Å². The zero-order valence-electron chi connectivity index (χ0n) is 21.4. The van der Waals surface area contributed by atoms with Gasteiger partial charge in [-0.1, -0.05) is 49.2 Å². The van der Waals surface area contributed by atoms with Gasteiger partial charge in [0.2, 0.25) is 5.62 Å². The lowest BCUT2D eigenvalue weighted by atomic mass is 10.0. The normalized spacial score (nSPS) is 11.7. The van der Waals surface area contributed by atoms with Gasteiger partial charge >= 0.3 is 6.09 Å². The third kappa shape index (κ3) is 4.67. The van der Waals surface area contributed by atoms with Gasteiger partial charge in [0.15, 0.2) is 0 Å². The quantitative estimate of drug-likeness (QED) is 0.236. The van der Waals surface area contributed by atoms with Crippen LogP contribution in [0.25, 0.3) is 38.8 Å². The third-order valence-electron chi connectivity index (χ3n) is 6.58. The zero-order chi connectivity index (χ0) is 26.8. The Hall–Kier alpha value is -4.41. The number of imidazole rings is 1. The molecule has 0 saturated carbocycles. The molecule has 0 atom stereocenters. The first kappa shape index (κ1) is 25.2. The molecule has 5 rings (SSSR count). The number of nitriles is 1. The van der Waals surface area contributed by atoms with Crippen molar-refractivity contribution in [2.45, 2.75) is 26.7 Å². The lowest BCUT2D eigenvalue weighted by Gasteiger charge is -2.12. The van der Waals surface area contributed by atoms with Crippen LogP contribution in [0.3, 0.4) is 0 Å². The van der Waals surface area contributed by atoms with Crippen LogP contribution in [0.2, 0.25) is 5.02 Å². The van der Waals surface area contributed by atoms with Gasteiger partial charge in [-0.05, 0) is 66.4 Å². The van der Waals surface area contributed by atoms with Crippen LogP contribution < -0.4 is 5.62 Å². The predicted molar refractivity (Wildman–Crippen MR) is 149 cm³/mol. The van der Waals surface area contributed by atoms with E-state index in [2.05, 4.69) is 17.1 Å². The summed E-state index contributed by atoms with van der Waals surface area (Å²) in [6.45, 7) is 4.30. The number of aryl methyl sites for hydroxylation is 2. The first-order chi connectivity index (χ1) is 18.4. The molecule has 0 aliphatic carbocycles. The van der Waals surface area contributed by atoms with Gasteiger partial charge in [-0.2, -0.15) is 5.26 Å². The van der Waals surface area contributed by atoms with Crippen molar-refractivity contribution >= 4 is 39.6 Å². The summed E-state index contributed by atoms with van der Waals surface area (Å²) >= 11 is 6.11. The largest absolute Gasteiger partial charge is 0.448 e. The predicted octanol–water partition coefficient (Wildman–Crippen LogP) is 6.86. The highest BCUT2D eigenvalue weighted by atomic mass is 35.5. The summed E-state index contributed by atoms with van der Waals surface area (Å²) in [4.78, 5) is 21.8. The third-order valence-corrected chi connectivity index (χ3v) is 6.83. The minimum Gasteiger partial charge on any atom is -0.448 e. The Labute approximate surface area is 225 Å². The molecular formula is C30H26ClN5O2. The summed E-state index contributed by atoms with van der Waals surface area (Å²) < 4.78 is 9.11. The van der Waals surface area contributed by atoms with Gasteiger partial charge in [0, 0.05) is 17.5 Å². The fourth-order valence-electron chi connectivity index (χ4n) is 4.52. The van der Waals surface area contributed by atoms with Crippen molar-refractivity contribution in [2.24, 2.45) is 12.0 Å². The summed E-state index contributed by atoms with van der Waals surface area (Å²) in [5, 5.41) is 11.2. The molecular weight excluding hydrogens is 498 g/mol. The molecule has 5 aromatic rings. The Bertz CT molecular complexity index is 1790. The van der Waals surface area contributed by atoms with Crippen molar-refractivity contribution in [1.29, 1.82) is 5.26 Å². The molecule has 1 amide bonds. The second-order valence-electron chi connectivity index (χ2n) is 9.12. The van der Waals surface area contributed by atoms with E-state index in [0.29, 0.717) is 22.8 Å². The van der Waals surface area contributed by atoms with Crippen LogP contribution in [-0.2, 0) is 11.8 Å². The van der Waals surface area contributed by atoms with Crippen LogP contribution in [0, 0.1) is 18.3 Å². The van der Waals surface area contributed by atoms with E-state index in [1.54, 1.807) is 12.3 Å². The number of halogens is 1. The molecule has 8 heteroatoms. The number of rotatable bonds is 5. The van der Waals surface area contributed by atoms with Crippen molar-refractivity contribution in [3.63, 3.8) is 0 Å². The molecule has 3 aromatic carbocycles. The van der Waals surface area contributed by atoms with E-state index in [1.807, 2.05) is 78.6 Å². The molecule has 0 spiro atoms. The second-order valence-corrected chi connectivity index (χ2v) is 9.55. The van der Waals surface area contributed by atoms with Crippen molar-refractivity contribution in [1.82, 2.24) is 14.1 Å². The molecule has 0 unspecified atom stereocenters. The molecule has 0 aliphatic rings. The number of unbranched alkanes of at least 4 members (excludes halogenated alkanes) is 1. The summed E-state index contributed by atoms with van der Waals surface area (Å²) in [6.07, 6.45) is 2.80. The van der Waals surface area contributed by atoms with Crippen LogP contribution in [0.15, 0.2) is 71.9 Å². The molecule has 0 N–H and O–H groups in total. The highest BCUT2D eigenvalue weighted by Gasteiger charge is 2.18. The maximum atomic E-state index is 12.7. The number of carbonyl (C=O) groups excluding carboxylic acids is 1. The first-order valence-electron chi connectivity index (χ1n) is 12.4. The average Bonchev–Trinajstić information content (AvgIpc) is 3.20.